The SMILES string of the molecule is CCCC[NH2+]CCOc1cc(C)c(Cl)c(C)c1. The van der Waals surface area contributed by atoms with E-state index in [1.807, 2.05) is 26.0 Å². The second-order valence-electron chi connectivity index (χ2n) is 4.44. The highest BCUT2D eigenvalue weighted by Crippen LogP contribution is 2.25. The van der Waals surface area contributed by atoms with Crippen molar-refractivity contribution in [3.8, 4) is 5.75 Å². The van der Waals surface area contributed by atoms with Crippen LogP contribution < -0.4 is 10.1 Å². The average Bonchev–Trinajstić information content (AvgIpc) is 2.30. The number of ether oxygens (including phenoxy) is 1. The summed E-state index contributed by atoms with van der Waals surface area (Å²) in [5, 5.41) is 3.14. The first-order chi connectivity index (χ1) is 8.15. The molecule has 96 valence electrons. The lowest BCUT2D eigenvalue weighted by Crippen LogP contribution is -2.85. The Morgan fingerprint density at radius 2 is 1.82 bits per heavy atom. The van der Waals surface area contributed by atoms with E-state index in [2.05, 4.69) is 12.2 Å². The zero-order valence-corrected chi connectivity index (χ0v) is 11.8. The number of aryl methyl sites for hydroxylation is 2. The molecule has 0 spiro atoms. The van der Waals surface area contributed by atoms with Gasteiger partial charge in [-0.05, 0) is 43.5 Å². The van der Waals surface area contributed by atoms with Crippen LogP contribution in [0.3, 0.4) is 0 Å². The fraction of sp³-hybridized carbons (Fsp3) is 0.571. The lowest BCUT2D eigenvalue weighted by Gasteiger charge is -2.09. The number of rotatable bonds is 7. The molecule has 17 heavy (non-hydrogen) atoms. The monoisotopic (exact) mass is 256 g/mol. The summed E-state index contributed by atoms with van der Waals surface area (Å²) in [6.07, 6.45) is 2.53. The van der Waals surface area contributed by atoms with Crippen molar-refractivity contribution in [1.29, 1.82) is 0 Å². The van der Waals surface area contributed by atoms with Gasteiger partial charge in [-0.3, -0.25) is 0 Å². The molecule has 0 saturated carbocycles. The molecule has 0 saturated heterocycles. The number of hydrogen-bond donors (Lipinski definition) is 1. The van der Waals surface area contributed by atoms with Crippen LogP contribution in [0.25, 0.3) is 0 Å². The quantitative estimate of drug-likeness (QED) is 0.746. The van der Waals surface area contributed by atoms with Crippen LogP contribution in [-0.4, -0.2) is 19.7 Å². The Labute approximate surface area is 109 Å². The second-order valence-corrected chi connectivity index (χ2v) is 4.82. The molecule has 1 rings (SSSR count). The Bertz CT molecular complexity index is 329. The third-order valence-electron chi connectivity index (χ3n) is 2.76. The van der Waals surface area contributed by atoms with Gasteiger partial charge in [0.15, 0.2) is 0 Å². The molecular formula is C14H23ClNO+. The largest absolute Gasteiger partial charge is 0.488 e. The Morgan fingerprint density at radius 1 is 1.18 bits per heavy atom. The zero-order valence-electron chi connectivity index (χ0n) is 11.1. The summed E-state index contributed by atoms with van der Waals surface area (Å²) in [5.74, 6) is 0.924. The van der Waals surface area contributed by atoms with Crippen molar-refractivity contribution >= 4 is 11.6 Å². The van der Waals surface area contributed by atoms with Crippen LogP contribution in [-0.2, 0) is 0 Å². The fourth-order valence-electron chi connectivity index (χ4n) is 1.74. The molecular weight excluding hydrogens is 234 g/mol. The minimum absolute atomic E-state index is 0.754. The van der Waals surface area contributed by atoms with E-state index < -0.39 is 0 Å². The third-order valence-corrected chi connectivity index (χ3v) is 3.36. The highest BCUT2D eigenvalue weighted by molar-refractivity contribution is 6.32. The molecule has 0 radical (unpaired) electrons. The van der Waals surface area contributed by atoms with Crippen LogP contribution >= 0.6 is 11.6 Å². The highest BCUT2D eigenvalue weighted by Gasteiger charge is 2.03. The smallest absolute Gasteiger partial charge is 0.137 e. The van der Waals surface area contributed by atoms with E-state index in [0.717, 1.165) is 35.1 Å². The molecule has 0 heterocycles. The van der Waals surface area contributed by atoms with Crippen LogP contribution in [0.5, 0.6) is 5.75 Å². The molecule has 2 N–H and O–H groups in total. The lowest BCUT2D eigenvalue weighted by atomic mass is 10.1. The minimum Gasteiger partial charge on any atom is -0.488 e. The van der Waals surface area contributed by atoms with E-state index in [1.165, 1.54) is 19.4 Å². The van der Waals surface area contributed by atoms with Crippen molar-refractivity contribution < 1.29 is 10.1 Å². The highest BCUT2D eigenvalue weighted by atomic mass is 35.5. The van der Waals surface area contributed by atoms with Crippen LogP contribution in [0.15, 0.2) is 12.1 Å². The second kappa shape index (κ2) is 7.57. The van der Waals surface area contributed by atoms with Crippen molar-refractivity contribution in [2.45, 2.75) is 33.6 Å². The van der Waals surface area contributed by atoms with Gasteiger partial charge in [-0.15, -0.1) is 0 Å². The van der Waals surface area contributed by atoms with Crippen LogP contribution in [0, 0.1) is 13.8 Å². The molecule has 0 aliphatic carbocycles. The van der Waals surface area contributed by atoms with Gasteiger partial charge in [-0.2, -0.15) is 0 Å². The number of hydrogen-bond acceptors (Lipinski definition) is 1. The Balaban J connectivity index is 2.32. The van der Waals surface area contributed by atoms with Gasteiger partial charge in [0.2, 0.25) is 0 Å². The van der Waals surface area contributed by atoms with Crippen molar-refractivity contribution in [2.75, 3.05) is 19.7 Å². The van der Waals surface area contributed by atoms with E-state index in [4.69, 9.17) is 16.3 Å². The summed E-state index contributed by atoms with van der Waals surface area (Å²) in [6.45, 7) is 9.19. The number of unbranched alkanes of at least 4 members (excludes halogenated alkanes) is 1. The molecule has 0 aliphatic rings. The molecule has 0 unspecified atom stereocenters. The van der Waals surface area contributed by atoms with Gasteiger partial charge in [-0.25, -0.2) is 0 Å². The van der Waals surface area contributed by atoms with Gasteiger partial charge in [0.1, 0.15) is 18.9 Å². The van der Waals surface area contributed by atoms with Gasteiger partial charge in [-0.1, -0.05) is 24.9 Å². The first kappa shape index (κ1) is 14.3. The molecule has 3 heteroatoms. The van der Waals surface area contributed by atoms with E-state index in [1.54, 1.807) is 0 Å². The van der Waals surface area contributed by atoms with Crippen molar-refractivity contribution in [1.82, 2.24) is 0 Å². The molecule has 0 atom stereocenters. The van der Waals surface area contributed by atoms with Crippen LogP contribution in [0.1, 0.15) is 30.9 Å². The average molecular weight is 257 g/mol. The van der Waals surface area contributed by atoms with Crippen LogP contribution in [0.2, 0.25) is 5.02 Å². The van der Waals surface area contributed by atoms with E-state index in [9.17, 15) is 0 Å². The van der Waals surface area contributed by atoms with Crippen molar-refractivity contribution in [2.24, 2.45) is 0 Å². The minimum atomic E-state index is 0.754. The van der Waals surface area contributed by atoms with E-state index in [-0.39, 0.29) is 0 Å². The fourth-order valence-corrected chi connectivity index (χ4v) is 1.85. The van der Waals surface area contributed by atoms with Crippen molar-refractivity contribution in [3.05, 3.63) is 28.3 Å². The molecule has 1 aromatic carbocycles. The molecule has 1 aromatic rings. The van der Waals surface area contributed by atoms with Gasteiger partial charge in [0.05, 0.1) is 6.54 Å². The van der Waals surface area contributed by atoms with Gasteiger partial charge >= 0.3 is 0 Å². The maximum atomic E-state index is 6.11. The van der Waals surface area contributed by atoms with E-state index in [0.29, 0.717) is 0 Å². The predicted octanol–water partition coefficient (Wildman–Crippen LogP) is 2.70. The first-order valence-electron chi connectivity index (χ1n) is 6.36. The third kappa shape index (κ3) is 4.97. The molecule has 0 aromatic heterocycles. The molecule has 2 nitrogen and oxygen atoms in total. The number of benzene rings is 1. The molecule has 0 aliphatic heterocycles. The lowest BCUT2D eigenvalue weighted by molar-refractivity contribution is -0.655. The zero-order chi connectivity index (χ0) is 12.7. The number of nitrogens with two attached hydrogens (primary N) is 1. The summed E-state index contributed by atoms with van der Waals surface area (Å²) in [6, 6.07) is 4.00. The first-order valence-corrected chi connectivity index (χ1v) is 6.74. The Kier molecular flexibility index (Phi) is 6.38. The predicted molar refractivity (Wildman–Crippen MR) is 73.0 cm³/mol. The normalized spacial score (nSPS) is 10.6. The number of halogens is 1. The summed E-state index contributed by atoms with van der Waals surface area (Å²) < 4.78 is 5.71. The maximum Gasteiger partial charge on any atom is 0.137 e. The molecule has 0 fully saturated rings. The molecule has 0 amide bonds. The van der Waals surface area contributed by atoms with Crippen molar-refractivity contribution in [3.63, 3.8) is 0 Å². The standard InChI is InChI=1S/C14H22ClNO/c1-4-5-6-16-7-8-17-13-9-11(2)14(15)12(3)10-13/h9-10,16H,4-8H2,1-3H3/p+1. The summed E-state index contributed by atoms with van der Waals surface area (Å²) in [7, 11) is 0. The Morgan fingerprint density at radius 3 is 2.41 bits per heavy atom. The summed E-state index contributed by atoms with van der Waals surface area (Å²) in [5.41, 5.74) is 2.16. The van der Waals surface area contributed by atoms with E-state index >= 15 is 0 Å². The van der Waals surface area contributed by atoms with Gasteiger partial charge < -0.3 is 10.1 Å². The molecule has 0 bridgehead atoms. The Hall–Kier alpha value is -0.730. The van der Waals surface area contributed by atoms with Gasteiger partial charge in [0.25, 0.3) is 0 Å². The van der Waals surface area contributed by atoms with Gasteiger partial charge in [0, 0.05) is 5.02 Å². The summed E-state index contributed by atoms with van der Waals surface area (Å²) in [4.78, 5) is 0. The summed E-state index contributed by atoms with van der Waals surface area (Å²) >= 11 is 6.11. The van der Waals surface area contributed by atoms with Crippen LogP contribution in [0.4, 0.5) is 0 Å². The maximum absolute atomic E-state index is 6.11. The number of quaternary nitrogens is 1. The topological polar surface area (TPSA) is 25.8 Å².